The maximum absolute atomic E-state index is 10.9. The van der Waals surface area contributed by atoms with E-state index in [1.807, 2.05) is 0 Å². The second-order valence-corrected chi connectivity index (χ2v) is 3.39. The number of aromatic nitrogens is 2. The fraction of sp³-hybridized carbons (Fsp3) is 0. The van der Waals surface area contributed by atoms with Gasteiger partial charge in [-0.2, -0.15) is 0 Å². The fourth-order valence-electron chi connectivity index (χ4n) is 1.31. The van der Waals surface area contributed by atoms with Crippen LogP contribution in [0.25, 0.3) is 0 Å². The molecule has 6 heteroatoms. The van der Waals surface area contributed by atoms with E-state index in [0.717, 1.165) is 5.69 Å². The second kappa shape index (κ2) is 4.48. The Morgan fingerprint density at radius 2 is 1.88 bits per heavy atom. The minimum absolute atomic E-state index is 0.385. The maximum Gasteiger partial charge on any atom is 0.248 e. The van der Waals surface area contributed by atoms with Crippen LogP contribution in [0.4, 0.5) is 17.3 Å². The van der Waals surface area contributed by atoms with Crippen LogP contribution in [0, 0.1) is 0 Å². The molecule has 0 radical (unpaired) electrons. The molecule has 1 amide bonds. The molecule has 0 saturated heterocycles. The highest BCUT2D eigenvalue weighted by atomic mass is 16.1. The molecule has 0 atom stereocenters. The van der Waals surface area contributed by atoms with Gasteiger partial charge in [0.15, 0.2) is 0 Å². The fourth-order valence-corrected chi connectivity index (χ4v) is 1.31. The molecule has 0 saturated carbocycles. The molecule has 6 nitrogen and oxygen atoms in total. The third-order valence-electron chi connectivity index (χ3n) is 2.13. The van der Waals surface area contributed by atoms with Crippen LogP contribution in [-0.2, 0) is 0 Å². The number of nitrogens with two attached hydrogens (primary N) is 2. The first kappa shape index (κ1) is 10.9. The quantitative estimate of drug-likeness (QED) is 0.724. The average Bonchev–Trinajstić information content (AvgIpc) is 2.29. The summed E-state index contributed by atoms with van der Waals surface area (Å²) in [6.07, 6.45) is 1.37. The lowest BCUT2D eigenvalue weighted by atomic mass is 10.2. The van der Waals surface area contributed by atoms with Crippen LogP contribution in [0.1, 0.15) is 10.4 Å². The molecule has 1 aromatic heterocycles. The number of hydrogen-bond acceptors (Lipinski definition) is 5. The van der Waals surface area contributed by atoms with Crippen LogP contribution in [0.15, 0.2) is 36.7 Å². The number of primary amides is 1. The molecule has 1 heterocycles. The number of nitrogens with zero attached hydrogens (tertiary/aromatic N) is 2. The van der Waals surface area contributed by atoms with Crippen molar-refractivity contribution in [1.82, 2.24) is 9.97 Å². The van der Waals surface area contributed by atoms with Crippen molar-refractivity contribution in [2.75, 3.05) is 11.1 Å². The van der Waals surface area contributed by atoms with E-state index in [1.54, 1.807) is 30.3 Å². The molecule has 2 rings (SSSR count). The van der Waals surface area contributed by atoms with Gasteiger partial charge in [-0.3, -0.25) is 4.79 Å². The summed E-state index contributed by atoms with van der Waals surface area (Å²) in [5, 5.41) is 3.03. The van der Waals surface area contributed by atoms with Crippen LogP contribution >= 0.6 is 0 Å². The Morgan fingerprint density at radius 3 is 2.47 bits per heavy atom. The van der Waals surface area contributed by atoms with Gasteiger partial charge in [-0.15, -0.1) is 0 Å². The first-order valence-corrected chi connectivity index (χ1v) is 4.89. The lowest BCUT2D eigenvalue weighted by molar-refractivity contribution is 0.100. The summed E-state index contributed by atoms with van der Waals surface area (Å²) >= 11 is 0. The van der Waals surface area contributed by atoms with Gasteiger partial charge in [-0.05, 0) is 24.3 Å². The van der Waals surface area contributed by atoms with Crippen LogP contribution in [0.3, 0.4) is 0 Å². The summed E-state index contributed by atoms with van der Waals surface area (Å²) in [6, 6.07) is 8.35. The van der Waals surface area contributed by atoms with E-state index in [9.17, 15) is 4.79 Å². The number of nitrogens with one attached hydrogen (secondary N) is 1. The Kier molecular flexibility index (Phi) is 2.87. The Balaban J connectivity index is 2.16. The molecule has 0 aliphatic rings. The highest BCUT2D eigenvalue weighted by Gasteiger charge is 2.00. The van der Waals surface area contributed by atoms with E-state index < -0.39 is 5.91 Å². The highest BCUT2D eigenvalue weighted by molar-refractivity contribution is 5.93. The lowest BCUT2D eigenvalue weighted by Gasteiger charge is -2.05. The molecule has 5 N–H and O–H groups in total. The van der Waals surface area contributed by atoms with Crippen LogP contribution in [0.5, 0.6) is 0 Å². The van der Waals surface area contributed by atoms with Gasteiger partial charge >= 0.3 is 0 Å². The predicted molar refractivity (Wildman–Crippen MR) is 64.7 cm³/mol. The molecule has 0 unspecified atom stereocenters. The zero-order valence-electron chi connectivity index (χ0n) is 8.92. The van der Waals surface area contributed by atoms with Crippen molar-refractivity contribution in [1.29, 1.82) is 0 Å². The molecule has 0 aliphatic carbocycles. The smallest absolute Gasteiger partial charge is 0.248 e. The molecular formula is C11H11N5O. The topological polar surface area (TPSA) is 107 Å². The van der Waals surface area contributed by atoms with Gasteiger partial charge in [0.2, 0.25) is 5.91 Å². The molecule has 1 aromatic carbocycles. The average molecular weight is 229 g/mol. The van der Waals surface area contributed by atoms with Gasteiger partial charge in [0.05, 0.1) is 0 Å². The molecular weight excluding hydrogens is 218 g/mol. The van der Waals surface area contributed by atoms with Gasteiger partial charge in [0, 0.05) is 17.3 Å². The summed E-state index contributed by atoms with van der Waals surface area (Å²) < 4.78 is 0. The van der Waals surface area contributed by atoms with Gasteiger partial charge in [-0.1, -0.05) is 0 Å². The molecule has 0 aliphatic heterocycles. The Bertz CT molecular complexity index is 538. The molecule has 0 bridgehead atoms. The van der Waals surface area contributed by atoms with E-state index >= 15 is 0 Å². The Hall–Kier alpha value is -2.63. The number of hydrogen-bond donors (Lipinski definition) is 3. The zero-order valence-corrected chi connectivity index (χ0v) is 8.92. The van der Waals surface area contributed by atoms with Gasteiger partial charge in [-0.25, -0.2) is 9.97 Å². The Labute approximate surface area is 97.7 Å². The number of carbonyl (C=O) groups is 1. The van der Waals surface area contributed by atoms with Crippen molar-refractivity contribution in [3.63, 3.8) is 0 Å². The first-order valence-electron chi connectivity index (χ1n) is 4.89. The molecule has 0 spiro atoms. The summed E-state index contributed by atoms with van der Waals surface area (Å²) in [5.74, 6) is 0.517. The summed E-state index contributed by atoms with van der Waals surface area (Å²) in [6.45, 7) is 0. The van der Waals surface area contributed by atoms with Gasteiger partial charge in [0.25, 0.3) is 0 Å². The van der Waals surface area contributed by atoms with Crippen molar-refractivity contribution in [2.24, 2.45) is 5.73 Å². The number of rotatable bonds is 3. The Morgan fingerprint density at radius 1 is 1.18 bits per heavy atom. The van der Waals surface area contributed by atoms with E-state index in [1.165, 1.54) is 6.33 Å². The number of anilines is 3. The largest absolute Gasteiger partial charge is 0.384 e. The predicted octanol–water partition coefficient (Wildman–Crippen LogP) is 0.901. The van der Waals surface area contributed by atoms with Crippen LogP contribution < -0.4 is 16.8 Å². The molecule has 2 aromatic rings. The van der Waals surface area contributed by atoms with Crippen molar-refractivity contribution in [3.8, 4) is 0 Å². The standard InChI is InChI=1S/C11H11N5O/c12-9-5-10(15-6-14-9)16-8-3-1-7(2-4-8)11(13)17/h1-6H,(H2,13,17)(H3,12,14,15,16). The third kappa shape index (κ3) is 2.69. The summed E-state index contributed by atoms with van der Waals surface area (Å²) in [4.78, 5) is 18.7. The number of benzene rings is 1. The number of amides is 1. The van der Waals surface area contributed by atoms with Crippen LogP contribution in [0.2, 0.25) is 0 Å². The monoisotopic (exact) mass is 229 g/mol. The molecule has 0 fully saturated rings. The van der Waals surface area contributed by atoms with Gasteiger partial charge < -0.3 is 16.8 Å². The summed E-state index contributed by atoms with van der Waals surface area (Å²) in [5.41, 5.74) is 11.9. The highest BCUT2D eigenvalue weighted by Crippen LogP contribution is 2.15. The SMILES string of the molecule is NC(=O)c1ccc(Nc2cc(N)ncn2)cc1. The van der Waals surface area contributed by atoms with Crippen molar-refractivity contribution in [2.45, 2.75) is 0 Å². The van der Waals surface area contributed by atoms with Crippen molar-refractivity contribution in [3.05, 3.63) is 42.2 Å². The number of nitrogen functional groups attached to an aromatic ring is 1. The molecule has 86 valence electrons. The maximum atomic E-state index is 10.9. The normalized spacial score (nSPS) is 9.88. The molecule has 17 heavy (non-hydrogen) atoms. The van der Waals surface area contributed by atoms with E-state index in [2.05, 4.69) is 15.3 Å². The van der Waals surface area contributed by atoms with E-state index in [-0.39, 0.29) is 0 Å². The van der Waals surface area contributed by atoms with Crippen molar-refractivity contribution >= 4 is 23.2 Å². The zero-order chi connectivity index (χ0) is 12.3. The minimum atomic E-state index is -0.456. The van der Waals surface area contributed by atoms with Crippen LogP contribution in [-0.4, -0.2) is 15.9 Å². The summed E-state index contributed by atoms with van der Waals surface area (Å²) in [7, 11) is 0. The van der Waals surface area contributed by atoms with Gasteiger partial charge in [0.1, 0.15) is 18.0 Å². The van der Waals surface area contributed by atoms with E-state index in [4.69, 9.17) is 11.5 Å². The number of carbonyl (C=O) groups excluding carboxylic acids is 1. The van der Waals surface area contributed by atoms with Crippen molar-refractivity contribution < 1.29 is 4.79 Å². The third-order valence-corrected chi connectivity index (χ3v) is 2.13. The second-order valence-electron chi connectivity index (χ2n) is 3.39. The minimum Gasteiger partial charge on any atom is -0.384 e. The van der Waals surface area contributed by atoms with E-state index in [0.29, 0.717) is 17.2 Å². The first-order chi connectivity index (χ1) is 8.15. The lowest BCUT2D eigenvalue weighted by Crippen LogP contribution is -2.10.